The molecule has 1 rings (SSSR count). The molecule has 0 aliphatic rings. The molecule has 0 fully saturated rings. The second kappa shape index (κ2) is 6.33. The number of para-hydroxylation sites is 1. The van der Waals surface area contributed by atoms with Crippen LogP contribution in [0.3, 0.4) is 0 Å². The zero-order valence-corrected chi connectivity index (χ0v) is 9.86. The molecule has 1 aromatic carbocycles. The summed E-state index contributed by atoms with van der Waals surface area (Å²) in [5.41, 5.74) is 0.772. The molecule has 1 amide bonds. The number of likely N-dealkylation sites (N-methyl/N-ethyl adjacent to an activating group) is 1. The van der Waals surface area contributed by atoms with Crippen LogP contribution in [0.4, 0.5) is 0 Å². The van der Waals surface area contributed by atoms with Gasteiger partial charge in [-0.25, -0.2) is 0 Å². The van der Waals surface area contributed by atoms with Crippen molar-refractivity contribution in [3.8, 4) is 11.8 Å². The molecule has 0 radical (unpaired) electrons. The minimum Gasteiger partial charge on any atom is -0.493 e. The van der Waals surface area contributed by atoms with Gasteiger partial charge in [-0.1, -0.05) is 18.2 Å². The number of hydrogen-bond donors (Lipinski definition) is 1. The molecule has 0 aliphatic carbocycles. The van der Waals surface area contributed by atoms with E-state index in [9.17, 15) is 4.79 Å². The molecular weight excluding hydrogens is 216 g/mol. The van der Waals surface area contributed by atoms with E-state index in [2.05, 4.69) is 5.32 Å². The summed E-state index contributed by atoms with van der Waals surface area (Å²) in [6.07, 6.45) is 1.52. The van der Waals surface area contributed by atoms with Crippen molar-refractivity contribution in [3.63, 3.8) is 0 Å². The fourth-order valence-corrected chi connectivity index (χ4v) is 1.33. The third-order valence-corrected chi connectivity index (χ3v) is 2.11. The van der Waals surface area contributed by atoms with Crippen LogP contribution in [-0.2, 0) is 4.79 Å². The summed E-state index contributed by atoms with van der Waals surface area (Å²) in [7, 11) is 1.49. The Morgan fingerprint density at radius 1 is 1.53 bits per heavy atom. The van der Waals surface area contributed by atoms with Gasteiger partial charge in [-0.2, -0.15) is 5.26 Å². The molecule has 0 aliphatic heterocycles. The van der Waals surface area contributed by atoms with Gasteiger partial charge in [0.2, 0.25) is 0 Å². The Kier molecular flexibility index (Phi) is 4.77. The number of carbonyl (C=O) groups is 1. The van der Waals surface area contributed by atoms with E-state index < -0.39 is 5.91 Å². The summed E-state index contributed by atoms with van der Waals surface area (Å²) in [4.78, 5) is 11.4. The molecule has 4 heteroatoms. The molecule has 0 saturated heterocycles. The highest BCUT2D eigenvalue weighted by molar-refractivity contribution is 6.01. The topological polar surface area (TPSA) is 62.1 Å². The van der Waals surface area contributed by atoms with Gasteiger partial charge in [0.25, 0.3) is 5.91 Å². The van der Waals surface area contributed by atoms with E-state index in [1.165, 1.54) is 13.1 Å². The number of amides is 1. The first-order valence-corrected chi connectivity index (χ1v) is 5.28. The Morgan fingerprint density at radius 2 is 2.24 bits per heavy atom. The summed E-state index contributed by atoms with van der Waals surface area (Å²) in [6.45, 7) is 2.41. The van der Waals surface area contributed by atoms with Crippen LogP contribution >= 0.6 is 0 Å². The molecule has 0 atom stereocenters. The van der Waals surface area contributed by atoms with Crippen LogP contribution in [0.1, 0.15) is 12.5 Å². The lowest BCUT2D eigenvalue weighted by Gasteiger charge is -2.06. The van der Waals surface area contributed by atoms with Crippen LogP contribution in [0.2, 0.25) is 0 Å². The third-order valence-electron chi connectivity index (χ3n) is 2.11. The average molecular weight is 230 g/mol. The second-order valence-electron chi connectivity index (χ2n) is 3.22. The summed E-state index contributed by atoms with van der Waals surface area (Å²) in [5.74, 6) is 0.255. The minimum absolute atomic E-state index is 0.0552. The van der Waals surface area contributed by atoms with Gasteiger partial charge in [-0.05, 0) is 19.1 Å². The van der Waals surface area contributed by atoms with Crippen molar-refractivity contribution in [1.82, 2.24) is 5.32 Å². The lowest BCUT2D eigenvalue weighted by Crippen LogP contribution is -2.19. The van der Waals surface area contributed by atoms with E-state index in [1.807, 2.05) is 25.1 Å². The van der Waals surface area contributed by atoms with Gasteiger partial charge in [-0.3, -0.25) is 4.79 Å². The van der Waals surface area contributed by atoms with Crippen LogP contribution < -0.4 is 10.1 Å². The fourth-order valence-electron chi connectivity index (χ4n) is 1.33. The SMILES string of the molecule is CCOc1ccccc1C=C(C#N)C(=O)NC. The quantitative estimate of drug-likeness (QED) is 0.633. The zero-order valence-electron chi connectivity index (χ0n) is 9.86. The Bertz CT molecular complexity index is 473. The van der Waals surface area contributed by atoms with Gasteiger partial charge in [-0.15, -0.1) is 0 Å². The number of hydrogen-bond acceptors (Lipinski definition) is 3. The first-order chi connectivity index (χ1) is 8.22. The second-order valence-corrected chi connectivity index (χ2v) is 3.22. The van der Waals surface area contributed by atoms with Crippen molar-refractivity contribution in [2.45, 2.75) is 6.92 Å². The highest BCUT2D eigenvalue weighted by atomic mass is 16.5. The molecule has 1 N–H and O–H groups in total. The van der Waals surface area contributed by atoms with Crippen molar-refractivity contribution in [2.75, 3.05) is 13.7 Å². The van der Waals surface area contributed by atoms with E-state index in [0.29, 0.717) is 12.4 Å². The van der Waals surface area contributed by atoms with E-state index in [0.717, 1.165) is 5.56 Å². The van der Waals surface area contributed by atoms with Gasteiger partial charge in [0.1, 0.15) is 17.4 Å². The summed E-state index contributed by atoms with van der Waals surface area (Å²) in [6, 6.07) is 9.13. The Labute approximate surface area is 101 Å². The maximum absolute atomic E-state index is 11.4. The van der Waals surface area contributed by atoms with Crippen LogP contribution in [0.25, 0.3) is 6.08 Å². The lowest BCUT2D eigenvalue weighted by molar-refractivity contribution is -0.116. The zero-order chi connectivity index (χ0) is 12.7. The predicted molar refractivity (Wildman–Crippen MR) is 65.3 cm³/mol. The number of benzene rings is 1. The van der Waals surface area contributed by atoms with Gasteiger partial charge in [0, 0.05) is 12.6 Å². The number of nitriles is 1. The monoisotopic (exact) mass is 230 g/mol. The van der Waals surface area contributed by atoms with E-state index in [-0.39, 0.29) is 5.57 Å². The average Bonchev–Trinajstić information content (AvgIpc) is 2.37. The van der Waals surface area contributed by atoms with Crippen LogP contribution in [0.15, 0.2) is 29.8 Å². The molecule has 0 unspecified atom stereocenters. The van der Waals surface area contributed by atoms with Crippen molar-refractivity contribution in [3.05, 3.63) is 35.4 Å². The largest absolute Gasteiger partial charge is 0.493 e. The molecule has 0 bridgehead atoms. The maximum atomic E-state index is 11.4. The number of nitrogens with zero attached hydrogens (tertiary/aromatic N) is 1. The standard InChI is InChI=1S/C13H14N2O2/c1-3-17-12-7-5-4-6-10(12)8-11(9-14)13(16)15-2/h4-8H,3H2,1-2H3,(H,15,16). The molecule has 4 nitrogen and oxygen atoms in total. The van der Waals surface area contributed by atoms with Crippen molar-refractivity contribution < 1.29 is 9.53 Å². The molecule has 17 heavy (non-hydrogen) atoms. The van der Waals surface area contributed by atoms with Gasteiger partial charge in [0.05, 0.1) is 6.61 Å². The molecule has 88 valence electrons. The predicted octanol–water partition coefficient (Wildman–Crippen LogP) is 1.74. The Balaban J connectivity index is 3.12. The highest BCUT2D eigenvalue weighted by Crippen LogP contribution is 2.20. The molecule has 0 heterocycles. The Hall–Kier alpha value is -2.28. The molecule has 0 spiro atoms. The fraction of sp³-hybridized carbons (Fsp3) is 0.231. The molecule has 0 aromatic heterocycles. The van der Waals surface area contributed by atoms with E-state index >= 15 is 0 Å². The number of ether oxygens (including phenoxy) is 1. The first kappa shape index (κ1) is 12.8. The van der Waals surface area contributed by atoms with Crippen LogP contribution in [-0.4, -0.2) is 19.6 Å². The summed E-state index contributed by atoms with van der Waals surface area (Å²) < 4.78 is 5.41. The number of carbonyl (C=O) groups excluding carboxylic acids is 1. The van der Waals surface area contributed by atoms with E-state index in [4.69, 9.17) is 10.00 Å². The smallest absolute Gasteiger partial charge is 0.261 e. The van der Waals surface area contributed by atoms with Crippen molar-refractivity contribution in [2.24, 2.45) is 0 Å². The van der Waals surface area contributed by atoms with Crippen LogP contribution in [0, 0.1) is 11.3 Å². The number of rotatable bonds is 4. The molecule has 1 aromatic rings. The first-order valence-electron chi connectivity index (χ1n) is 5.28. The van der Waals surface area contributed by atoms with Crippen LogP contribution in [0.5, 0.6) is 5.75 Å². The van der Waals surface area contributed by atoms with Crippen molar-refractivity contribution >= 4 is 12.0 Å². The maximum Gasteiger partial charge on any atom is 0.261 e. The van der Waals surface area contributed by atoms with Gasteiger partial charge < -0.3 is 10.1 Å². The highest BCUT2D eigenvalue weighted by Gasteiger charge is 2.08. The summed E-state index contributed by atoms with van der Waals surface area (Å²) >= 11 is 0. The molecular formula is C13H14N2O2. The Morgan fingerprint density at radius 3 is 2.82 bits per heavy atom. The minimum atomic E-state index is -0.404. The number of nitrogens with one attached hydrogen (secondary N) is 1. The summed E-state index contributed by atoms with van der Waals surface area (Å²) in [5, 5.41) is 11.3. The third kappa shape index (κ3) is 3.35. The normalized spacial score (nSPS) is 10.5. The van der Waals surface area contributed by atoms with E-state index in [1.54, 1.807) is 12.1 Å². The van der Waals surface area contributed by atoms with Crippen molar-refractivity contribution in [1.29, 1.82) is 5.26 Å². The molecule has 0 saturated carbocycles. The van der Waals surface area contributed by atoms with Gasteiger partial charge >= 0.3 is 0 Å². The van der Waals surface area contributed by atoms with Gasteiger partial charge in [0.15, 0.2) is 0 Å². The lowest BCUT2D eigenvalue weighted by atomic mass is 10.1.